The highest BCUT2D eigenvalue weighted by atomic mass is 32.1. The summed E-state index contributed by atoms with van der Waals surface area (Å²) in [5.74, 6) is 0.654. The molecule has 0 aromatic carbocycles. The van der Waals surface area contributed by atoms with Gasteiger partial charge >= 0.3 is 0 Å². The zero-order valence-corrected chi connectivity index (χ0v) is 11.7. The summed E-state index contributed by atoms with van der Waals surface area (Å²) in [6.07, 6.45) is 2.09. The molecule has 0 radical (unpaired) electrons. The maximum absolute atomic E-state index is 9.26. The molecule has 1 N–H and O–H groups in total. The minimum Gasteiger partial charge on any atom is -0.388 e. The minimum absolute atomic E-state index is 0.0614. The fraction of sp³-hybridized carbons (Fsp3) is 0.818. The van der Waals surface area contributed by atoms with E-state index in [1.54, 1.807) is 4.68 Å². The molecule has 0 amide bonds. The van der Waals surface area contributed by atoms with Crippen molar-refractivity contribution in [1.29, 1.82) is 0 Å². The Morgan fingerprint density at radius 2 is 2.06 bits per heavy atom. The summed E-state index contributed by atoms with van der Waals surface area (Å²) in [5, 5.41) is 13.6. The topological polar surface area (TPSA) is 46.2 Å². The van der Waals surface area contributed by atoms with E-state index in [-0.39, 0.29) is 6.61 Å². The first-order valence-corrected chi connectivity index (χ1v) is 6.50. The van der Waals surface area contributed by atoms with Crippen molar-refractivity contribution in [2.45, 2.75) is 46.5 Å². The molecule has 1 aromatic rings. The van der Waals surface area contributed by atoms with Gasteiger partial charge in [-0.2, -0.15) is 5.10 Å². The van der Waals surface area contributed by atoms with Gasteiger partial charge in [-0.15, -0.1) is 0 Å². The standard InChI is InChI=1S/C11H22N4OS/c1-4-6-13(3)9-15-11(17)14(7-5-2)10(8-16)12-15/h16H,4-9H2,1-3H3. The van der Waals surface area contributed by atoms with Crippen molar-refractivity contribution >= 4 is 12.2 Å². The van der Waals surface area contributed by atoms with E-state index >= 15 is 0 Å². The SMILES string of the molecule is CCCN(C)Cn1nc(CO)n(CCC)c1=S. The molecule has 0 aliphatic carbocycles. The van der Waals surface area contributed by atoms with Gasteiger partial charge in [-0.05, 0) is 38.7 Å². The maximum Gasteiger partial charge on any atom is 0.199 e. The van der Waals surface area contributed by atoms with E-state index in [0.717, 1.165) is 25.9 Å². The second kappa shape index (κ2) is 6.88. The Balaban J connectivity index is 2.90. The highest BCUT2D eigenvalue weighted by Gasteiger charge is 2.10. The summed E-state index contributed by atoms with van der Waals surface area (Å²) in [7, 11) is 2.04. The third-order valence-electron chi connectivity index (χ3n) is 2.57. The summed E-state index contributed by atoms with van der Waals surface area (Å²) in [4.78, 5) is 2.17. The zero-order valence-electron chi connectivity index (χ0n) is 10.9. The fourth-order valence-corrected chi connectivity index (χ4v) is 2.12. The molecule has 1 heterocycles. The van der Waals surface area contributed by atoms with Crippen molar-refractivity contribution in [1.82, 2.24) is 19.2 Å². The Labute approximate surface area is 108 Å². The van der Waals surface area contributed by atoms with Crippen molar-refractivity contribution in [2.24, 2.45) is 0 Å². The largest absolute Gasteiger partial charge is 0.388 e. The van der Waals surface area contributed by atoms with Crippen molar-refractivity contribution in [3.8, 4) is 0 Å². The van der Waals surface area contributed by atoms with Crippen molar-refractivity contribution in [3.63, 3.8) is 0 Å². The first-order chi connectivity index (χ1) is 8.13. The van der Waals surface area contributed by atoms with Crippen LogP contribution < -0.4 is 0 Å². The summed E-state index contributed by atoms with van der Waals surface area (Å²) in [6.45, 7) is 6.67. The number of rotatable bonds is 7. The molecule has 0 aliphatic heterocycles. The first kappa shape index (κ1) is 14.3. The number of aliphatic hydroxyl groups excluding tert-OH is 1. The van der Waals surface area contributed by atoms with Gasteiger partial charge in [0.05, 0.1) is 6.67 Å². The molecule has 1 rings (SSSR count). The lowest BCUT2D eigenvalue weighted by Gasteiger charge is -2.14. The molecule has 0 saturated carbocycles. The van der Waals surface area contributed by atoms with Crippen molar-refractivity contribution in [2.75, 3.05) is 13.6 Å². The van der Waals surface area contributed by atoms with Gasteiger partial charge in [-0.25, -0.2) is 4.68 Å². The quantitative estimate of drug-likeness (QED) is 0.755. The van der Waals surface area contributed by atoms with Crippen LogP contribution in [0, 0.1) is 4.77 Å². The van der Waals surface area contributed by atoms with Gasteiger partial charge in [0.15, 0.2) is 10.6 Å². The number of nitrogens with zero attached hydrogens (tertiary/aromatic N) is 4. The van der Waals surface area contributed by atoms with E-state index in [1.807, 2.05) is 11.6 Å². The van der Waals surface area contributed by atoms with E-state index in [0.29, 0.717) is 17.3 Å². The predicted octanol–water partition coefficient (Wildman–Crippen LogP) is 1.62. The van der Waals surface area contributed by atoms with E-state index in [9.17, 15) is 5.11 Å². The summed E-state index contributed by atoms with van der Waals surface area (Å²) in [5.41, 5.74) is 0. The lowest BCUT2D eigenvalue weighted by Crippen LogP contribution is -2.23. The summed E-state index contributed by atoms with van der Waals surface area (Å²) >= 11 is 5.37. The van der Waals surface area contributed by atoms with Gasteiger partial charge in [-0.3, -0.25) is 4.90 Å². The molecular weight excluding hydrogens is 236 g/mol. The van der Waals surface area contributed by atoms with Crippen LogP contribution in [0.4, 0.5) is 0 Å². The van der Waals surface area contributed by atoms with Crippen LogP contribution in [-0.4, -0.2) is 37.9 Å². The lowest BCUT2D eigenvalue weighted by atomic mass is 10.4. The van der Waals surface area contributed by atoms with Crippen LogP contribution in [0.15, 0.2) is 0 Å². The second-order valence-corrected chi connectivity index (χ2v) is 4.59. The van der Waals surface area contributed by atoms with Gasteiger partial charge in [0.25, 0.3) is 0 Å². The first-order valence-electron chi connectivity index (χ1n) is 6.09. The van der Waals surface area contributed by atoms with Crippen LogP contribution in [0.25, 0.3) is 0 Å². The van der Waals surface area contributed by atoms with Gasteiger partial charge in [0, 0.05) is 6.54 Å². The third-order valence-corrected chi connectivity index (χ3v) is 3.00. The normalized spacial score (nSPS) is 11.4. The van der Waals surface area contributed by atoms with Crippen LogP contribution >= 0.6 is 12.2 Å². The molecule has 0 fully saturated rings. The monoisotopic (exact) mass is 258 g/mol. The highest BCUT2D eigenvalue weighted by Crippen LogP contribution is 2.04. The molecule has 17 heavy (non-hydrogen) atoms. The smallest absolute Gasteiger partial charge is 0.199 e. The van der Waals surface area contributed by atoms with Gasteiger partial charge in [0.1, 0.15) is 6.61 Å². The summed E-state index contributed by atoms with van der Waals surface area (Å²) < 4.78 is 4.39. The van der Waals surface area contributed by atoms with Crippen molar-refractivity contribution in [3.05, 3.63) is 10.6 Å². The molecule has 0 atom stereocenters. The number of aromatic nitrogens is 3. The number of hydrogen-bond donors (Lipinski definition) is 1. The van der Waals surface area contributed by atoms with Gasteiger partial charge < -0.3 is 9.67 Å². The minimum atomic E-state index is -0.0614. The number of hydrogen-bond acceptors (Lipinski definition) is 4. The molecule has 6 heteroatoms. The Hall–Kier alpha value is -0.720. The van der Waals surface area contributed by atoms with Gasteiger partial charge in [-0.1, -0.05) is 13.8 Å². The molecule has 0 spiro atoms. The Kier molecular flexibility index (Phi) is 5.80. The number of aliphatic hydroxyl groups is 1. The van der Waals surface area contributed by atoms with Crippen LogP contribution in [0.5, 0.6) is 0 Å². The molecule has 0 unspecified atom stereocenters. The average molecular weight is 258 g/mol. The Bertz CT molecular complexity index is 399. The predicted molar refractivity (Wildman–Crippen MR) is 70.2 cm³/mol. The molecule has 0 bridgehead atoms. The third kappa shape index (κ3) is 3.62. The van der Waals surface area contributed by atoms with Crippen LogP contribution in [0.2, 0.25) is 0 Å². The van der Waals surface area contributed by atoms with Crippen LogP contribution in [-0.2, 0) is 19.8 Å². The molecule has 1 aromatic heterocycles. The van der Waals surface area contributed by atoms with Crippen molar-refractivity contribution < 1.29 is 5.11 Å². The Morgan fingerprint density at radius 3 is 2.59 bits per heavy atom. The van der Waals surface area contributed by atoms with E-state index < -0.39 is 0 Å². The lowest BCUT2D eigenvalue weighted by molar-refractivity contribution is 0.244. The fourth-order valence-electron chi connectivity index (χ4n) is 1.82. The average Bonchev–Trinajstić information content (AvgIpc) is 2.58. The van der Waals surface area contributed by atoms with E-state index in [1.165, 1.54) is 0 Å². The van der Waals surface area contributed by atoms with E-state index in [4.69, 9.17) is 12.2 Å². The zero-order chi connectivity index (χ0) is 12.8. The summed E-state index contributed by atoms with van der Waals surface area (Å²) in [6, 6.07) is 0. The second-order valence-electron chi connectivity index (χ2n) is 4.23. The molecule has 0 saturated heterocycles. The highest BCUT2D eigenvalue weighted by molar-refractivity contribution is 7.71. The maximum atomic E-state index is 9.26. The van der Waals surface area contributed by atoms with Crippen LogP contribution in [0.3, 0.4) is 0 Å². The van der Waals surface area contributed by atoms with E-state index in [2.05, 4.69) is 23.8 Å². The molecule has 5 nitrogen and oxygen atoms in total. The molecule has 0 aliphatic rings. The van der Waals surface area contributed by atoms with Crippen LogP contribution in [0.1, 0.15) is 32.5 Å². The molecular formula is C11H22N4OS. The Morgan fingerprint density at radius 1 is 1.35 bits per heavy atom. The van der Waals surface area contributed by atoms with Gasteiger partial charge in [0.2, 0.25) is 0 Å². The molecule has 98 valence electrons.